The second kappa shape index (κ2) is 16.6. The van der Waals surface area contributed by atoms with Gasteiger partial charge < -0.3 is 25.0 Å². The summed E-state index contributed by atoms with van der Waals surface area (Å²) < 4.78 is 12.4. The molecule has 4 aromatic carbocycles. The van der Waals surface area contributed by atoms with Crippen LogP contribution in [0.1, 0.15) is 47.1 Å². The maximum absolute atomic E-state index is 13.2. The zero-order valence-electron chi connectivity index (χ0n) is 27.6. The average Bonchev–Trinajstić information content (AvgIpc) is 3.13. The summed E-state index contributed by atoms with van der Waals surface area (Å²) in [6.45, 7) is 1.89. The van der Waals surface area contributed by atoms with Crippen molar-refractivity contribution in [2.24, 2.45) is 0 Å². The molecular formula is C38H38N4O8. The number of carbonyl (C=O) groups excluding carboxylic acids is 1. The second-order valence-electron chi connectivity index (χ2n) is 12.1. The predicted molar refractivity (Wildman–Crippen MR) is 184 cm³/mol. The van der Waals surface area contributed by atoms with Crippen molar-refractivity contribution >= 4 is 17.6 Å². The van der Waals surface area contributed by atoms with E-state index in [0.29, 0.717) is 35.4 Å². The van der Waals surface area contributed by atoms with Crippen LogP contribution in [0.2, 0.25) is 0 Å². The minimum Gasteiger partial charge on any atom is -0.488 e. The highest BCUT2D eigenvalue weighted by Gasteiger charge is 2.33. The highest BCUT2D eigenvalue weighted by atomic mass is 16.6. The smallest absolute Gasteiger partial charge is 0.328 e. The number of hydrogen-bond donors (Lipinski definition) is 3. The van der Waals surface area contributed by atoms with E-state index < -0.39 is 35.5 Å². The molecule has 50 heavy (non-hydrogen) atoms. The third-order valence-electron chi connectivity index (χ3n) is 8.79. The Kier molecular flexibility index (Phi) is 11.8. The van der Waals surface area contributed by atoms with Crippen LogP contribution in [0.15, 0.2) is 84.9 Å². The topological polar surface area (TPSA) is 175 Å². The maximum Gasteiger partial charge on any atom is 0.328 e. The molecule has 12 heteroatoms. The molecule has 4 aromatic rings. The van der Waals surface area contributed by atoms with E-state index in [4.69, 9.17) is 9.47 Å². The number of nitrogens with zero attached hydrogens (tertiary/aromatic N) is 3. The predicted octanol–water partition coefficient (Wildman–Crippen LogP) is 5.52. The molecule has 1 aliphatic rings. The molecule has 0 spiro atoms. The van der Waals surface area contributed by atoms with Crippen molar-refractivity contribution < 1.29 is 34.2 Å². The van der Waals surface area contributed by atoms with Crippen LogP contribution in [0.25, 0.3) is 11.1 Å². The van der Waals surface area contributed by atoms with E-state index in [2.05, 4.69) is 11.4 Å². The number of aliphatic carboxylic acids is 1. The number of amides is 1. The summed E-state index contributed by atoms with van der Waals surface area (Å²) in [5.41, 5.74) is 5.21. The average molecular weight is 679 g/mol. The van der Waals surface area contributed by atoms with Gasteiger partial charge >= 0.3 is 11.7 Å². The standard InChI is InChI=1S/C38H38N4O8/c1-25-29(13-8-14-31(25)28-11-3-2-4-12-28)24-50-36-19-35(49-23-27-10-7-9-26(17-27)20-39)30(18-34(36)42(47)48)21-41-16-6-5-15-33(41)37(44)40-32(22-43)38(45)46/h2-4,7-14,17-19,32-33,43H,5-6,15-16,21-24H2,1H3,(H,40,44)(H,45,46)/t32-,33-/m0/s1. The minimum atomic E-state index is -1.45. The molecule has 2 atom stereocenters. The van der Waals surface area contributed by atoms with E-state index in [1.54, 1.807) is 24.3 Å². The van der Waals surface area contributed by atoms with Crippen LogP contribution in [0.5, 0.6) is 11.5 Å². The van der Waals surface area contributed by atoms with E-state index in [1.165, 1.54) is 12.1 Å². The van der Waals surface area contributed by atoms with Crippen molar-refractivity contribution in [2.45, 2.75) is 58.0 Å². The molecule has 258 valence electrons. The summed E-state index contributed by atoms with van der Waals surface area (Å²) in [4.78, 5) is 38.4. The van der Waals surface area contributed by atoms with Gasteiger partial charge in [0.05, 0.1) is 29.2 Å². The highest BCUT2D eigenvalue weighted by Crippen LogP contribution is 2.38. The van der Waals surface area contributed by atoms with E-state index in [9.17, 15) is 35.2 Å². The Morgan fingerprint density at radius 3 is 2.48 bits per heavy atom. The van der Waals surface area contributed by atoms with Crippen molar-refractivity contribution in [3.63, 3.8) is 0 Å². The molecule has 0 aromatic heterocycles. The summed E-state index contributed by atoms with van der Waals surface area (Å²) in [6, 6.07) is 25.4. The van der Waals surface area contributed by atoms with Crippen molar-refractivity contribution in [1.82, 2.24) is 10.2 Å². The number of hydrogen-bond acceptors (Lipinski definition) is 9. The zero-order valence-corrected chi connectivity index (χ0v) is 27.6. The van der Waals surface area contributed by atoms with Gasteiger partial charge in [-0.05, 0) is 66.3 Å². The summed E-state index contributed by atoms with van der Waals surface area (Å²) in [7, 11) is 0. The Morgan fingerprint density at radius 1 is 1.00 bits per heavy atom. The molecule has 1 heterocycles. The van der Waals surface area contributed by atoms with Gasteiger partial charge in [-0.25, -0.2) is 4.79 Å². The lowest BCUT2D eigenvalue weighted by Gasteiger charge is -2.35. The first-order chi connectivity index (χ1) is 24.2. The van der Waals surface area contributed by atoms with E-state index in [-0.39, 0.29) is 31.2 Å². The molecule has 1 saturated heterocycles. The molecule has 0 aliphatic carbocycles. The van der Waals surface area contributed by atoms with Crippen molar-refractivity contribution in [2.75, 3.05) is 13.2 Å². The first kappa shape index (κ1) is 35.5. The number of likely N-dealkylation sites (tertiary alicyclic amines) is 1. The number of rotatable bonds is 14. The van der Waals surface area contributed by atoms with Gasteiger partial charge in [0.25, 0.3) is 0 Å². The lowest BCUT2D eigenvalue weighted by atomic mass is 9.97. The fraction of sp³-hybridized carbons (Fsp3) is 0.289. The first-order valence-electron chi connectivity index (χ1n) is 16.3. The van der Waals surface area contributed by atoms with Crippen molar-refractivity contribution in [3.8, 4) is 28.7 Å². The Labute approximate surface area is 289 Å². The number of carbonyl (C=O) groups is 2. The van der Waals surface area contributed by atoms with Crippen LogP contribution in [0, 0.1) is 28.4 Å². The zero-order chi connectivity index (χ0) is 35.6. The Bertz CT molecular complexity index is 1890. The number of piperidine rings is 1. The third-order valence-corrected chi connectivity index (χ3v) is 8.79. The molecular weight excluding hydrogens is 640 g/mol. The summed E-state index contributed by atoms with van der Waals surface area (Å²) in [6.07, 6.45) is 1.92. The largest absolute Gasteiger partial charge is 0.488 e. The number of carboxylic acids is 1. The number of nitrogens with one attached hydrogen (secondary N) is 1. The van der Waals surface area contributed by atoms with Gasteiger partial charge in [-0.2, -0.15) is 5.26 Å². The molecule has 0 saturated carbocycles. The van der Waals surface area contributed by atoms with Gasteiger partial charge in [-0.3, -0.25) is 19.8 Å². The second-order valence-corrected chi connectivity index (χ2v) is 12.1. The summed E-state index contributed by atoms with van der Waals surface area (Å²) in [5, 5.41) is 43.0. The van der Waals surface area contributed by atoms with Gasteiger partial charge in [0, 0.05) is 24.2 Å². The Hall–Kier alpha value is -5.77. The number of carboxylic acid groups (broad SMARTS) is 1. The van der Waals surface area contributed by atoms with Gasteiger partial charge in [0.15, 0.2) is 0 Å². The lowest BCUT2D eigenvalue weighted by molar-refractivity contribution is -0.386. The maximum atomic E-state index is 13.2. The minimum absolute atomic E-state index is 0.00391. The van der Waals surface area contributed by atoms with Crippen molar-refractivity contribution in [1.29, 1.82) is 5.26 Å². The fourth-order valence-electron chi connectivity index (χ4n) is 6.08. The summed E-state index contributed by atoms with van der Waals surface area (Å²) >= 11 is 0. The molecule has 12 nitrogen and oxygen atoms in total. The van der Waals surface area contributed by atoms with Crippen LogP contribution in [0.3, 0.4) is 0 Å². The number of nitriles is 1. The van der Waals surface area contributed by atoms with E-state index in [0.717, 1.165) is 35.1 Å². The van der Waals surface area contributed by atoms with Gasteiger partial charge in [0.2, 0.25) is 11.7 Å². The molecule has 0 bridgehead atoms. The van der Waals surface area contributed by atoms with Crippen LogP contribution < -0.4 is 14.8 Å². The fourth-order valence-corrected chi connectivity index (χ4v) is 6.08. The monoisotopic (exact) mass is 678 g/mol. The molecule has 5 rings (SSSR count). The van der Waals surface area contributed by atoms with Crippen LogP contribution >= 0.6 is 0 Å². The van der Waals surface area contributed by atoms with Crippen molar-refractivity contribution in [3.05, 3.63) is 123 Å². The van der Waals surface area contributed by atoms with Gasteiger partial charge in [-0.1, -0.05) is 67.1 Å². The third kappa shape index (κ3) is 8.63. The number of ether oxygens (including phenoxy) is 2. The number of aliphatic hydroxyl groups excluding tert-OH is 1. The van der Waals surface area contributed by atoms with Crippen LogP contribution in [0.4, 0.5) is 5.69 Å². The van der Waals surface area contributed by atoms with E-state index >= 15 is 0 Å². The Balaban J connectivity index is 1.47. The molecule has 1 aliphatic heterocycles. The lowest BCUT2D eigenvalue weighted by Crippen LogP contribution is -2.53. The van der Waals surface area contributed by atoms with Crippen LogP contribution in [-0.4, -0.2) is 57.1 Å². The molecule has 0 unspecified atom stereocenters. The number of benzene rings is 4. The SMILES string of the molecule is Cc1c(COc2cc(OCc3cccc(C#N)c3)c(CN3CCCC[C@H]3C(=O)N[C@@H](CO)C(=O)O)cc2[N+](=O)[O-])cccc1-c1ccccc1. The number of nitro groups is 1. The van der Waals surface area contributed by atoms with Gasteiger partial charge in [0.1, 0.15) is 25.0 Å². The normalized spacial score (nSPS) is 15.0. The van der Waals surface area contributed by atoms with E-state index in [1.807, 2.05) is 60.4 Å². The number of aliphatic hydroxyl groups is 1. The highest BCUT2D eigenvalue weighted by molar-refractivity contribution is 5.87. The van der Waals surface area contributed by atoms with Gasteiger partial charge in [-0.15, -0.1) is 0 Å². The molecule has 1 amide bonds. The quantitative estimate of drug-likeness (QED) is 0.114. The molecule has 0 radical (unpaired) electrons. The molecule has 3 N–H and O–H groups in total. The molecule has 1 fully saturated rings. The first-order valence-corrected chi connectivity index (χ1v) is 16.3. The van der Waals surface area contributed by atoms with Crippen LogP contribution in [-0.2, 0) is 29.3 Å². The Morgan fingerprint density at radius 2 is 1.76 bits per heavy atom. The number of nitro benzene ring substituents is 1. The summed E-state index contributed by atoms with van der Waals surface area (Å²) in [5.74, 6) is -1.60.